The fourth-order valence-electron chi connectivity index (χ4n) is 3.19. The molecular formula is C25H24N2O3. The van der Waals surface area contributed by atoms with Crippen LogP contribution in [-0.2, 0) is 4.79 Å². The summed E-state index contributed by atoms with van der Waals surface area (Å²) in [6, 6.07) is 17.4. The summed E-state index contributed by atoms with van der Waals surface area (Å²) >= 11 is 0. The third-order valence-corrected chi connectivity index (χ3v) is 5.15. The first-order chi connectivity index (χ1) is 14.4. The van der Waals surface area contributed by atoms with E-state index in [0.29, 0.717) is 17.3 Å². The van der Waals surface area contributed by atoms with Crippen LogP contribution in [0.25, 0.3) is 22.6 Å². The minimum Gasteiger partial charge on any atom is -0.484 e. The number of ether oxygens (including phenoxy) is 1. The van der Waals surface area contributed by atoms with E-state index in [4.69, 9.17) is 9.15 Å². The van der Waals surface area contributed by atoms with Crippen molar-refractivity contribution < 1.29 is 13.9 Å². The van der Waals surface area contributed by atoms with Crippen LogP contribution in [0.4, 0.5) is 5.69 Å². The summed E-state index contributed by atoms with van der Waals surface area (Å²) in [5, 5.41) is 2.93. The fourth-order valence-corrected chi connectivity index (χ4v) is 3.19. The number of nitrogens with zero attached hydrogens (tertiary/aromatic N) is 1. The summed E-state index contributed by atoms with van der Waals surface area (Å²) in [6.07, 6.45) is 0. The lowest BCUT2D eigenvalue weighted by molar-refractivity contribution is -0.118. The van der Waals surface area contributed by atoms with E-state index < -0.39 is 0 Å². The molecule has 1 aromatic heterocycles. The number of fused-ring (bicyclic) bond motifs is 1. The zero-order valence-electron chi connectivity index (χ0n) is 17.6. The third kappa shape index (κ3) is 4.20. The summed E-state index contributed by atoms with van der Waals surface area (Å²) in [6.45, 7) is 7.96. The van der Waals surface area contributed by atoms with E-state index in [1.807, 2.05) is 82.3 Å². The molecule has 0 unspecified atom stereocenters. The Morgan fingerprint density at radius 1 is 0.933 bits per heavy atom. The average molecular weight is 400 g/mol. The largest absolute Gasteiger partial charge is 0.484 e. The van der Waals surface area contributed by atoms with E-state index in [9.17, 15) is 4.79 Å². The van der Waals surface area contributed by atoms with Gasteiger partial charge in [-0.15, -0.1) is 0 Å². The number of benzene rings is 3. The Hall–Kier alpha value is -3.60. The van der Waals surface area contributed by atoms with Crippen molar-refractivity contribution in [3.8, 4) is 17.2 Å². The molecule has 30 heavy (non-hydrogen) atoms. The fraction of sp³-hybridized carbons (Fsp3) is 0.200. The van der Waals surface area contributed by atoms with Gasteiger partial charge in [-0.3, -0.25) is 4.79 Å². The quantitative estimate of drug-likeness (QED) is 0.463. The van der Waals surface area contributed by atoms with Gasteiger partial charge in [0, 0.05) is 11.3 Å². The Balaban J connectivity index is 1.49. The van der Waals surface area contributed by atoms with E-state index in [-0.39, 0.29) is 12.5 Å². The van der Waals surface area contributed by atoms with Crippen LogP contribution in [0, 0.1) is 27.7 Å². The summed E-state index contributed by atoms with van der Waals surface area (Å²) in [4.78, 5) is 17.0. The smallest absolute Gasteiger partial charge is 0.262 e. The highest BCUT2D eigenvalue weighted by Crippen LogP contribution is 2.28. The number of oxazole rings is 1. The number of carbonyl (C=O) groups excluding carboxylic acids is 1. The van der Waals surface area contributed by atoms with Crippen LogP contribution in [-0.4, -0.2) is 17.5 Å². The predicted octanol–water partition coefficient (Wildman–Crippen LogP) is 5.75. The summed E-state index contributed by atoms with van der Waals surface area (Å²) in [7, 11) is 0. The second-order valence-electron chi connectivity index (χ2n) is 7.60. The Bertz CT molecular complexity index is 1240. The van der Waals surface area contributed by atoms with Crippen molar-refractivity contribution in [3.63, 3.8) is 0 Å². The summed E-state index contributed by atoms with van der Waals surface area (Å²) in [5.74, 6) is 0.986. The predicted molar refractivity (Wildman–Crippen MR) is 119 cm³/mol. The molecule has 0 saturated heterocycles. The molecule has 3 aromatic carbocycles. The molecule has 1 amide bonds. The van der Waals surface area contributed by atoms with Crippen LogP contribution >= 0.6 is 0 Å². The van der Waals surface area contributed by atoms with Crippen molar-refractivity contribution in [1.82, 2.24) is 4.98 Å². The molecule has 0 fully saturated rings. The maximum Gasteiger partial charge on any atom is 0.262 e. The van der Waals surface area contributed by atoms with Crippen molar-refractivity contribution in [2.24, 2.45) is 0 Å². The van der Waals surface area contributed by atoms with Gasteiger partial charge in [0.15, 0.2) is 12.2 Å². The first kappa shape index (κ1) is 19.7. The maximum absolute atomic E-state index is 12.4. The molecule has 0 saturated carbocycles. The number of carbonyl (C=O) groups is 1. The standard InChI is InChI=1S/C25H24N2O3/c1-15-5-10-23-22(11-15)27-25(30-23)19-8-6-17(3)21(13-19)26-24(28)14-29-20-9-7-16(2)18(4)12-20/h5-13H,14H2,1-4H3,(H,26,28). The number of amides is 1. The monoisotopic (exact) mass is 400 g/mol. The number of aromatic nitrogens is 1. The third-order valence-electron chi connectivity index (χ3n) is 5.15. The lowest BCUT2D eigenvalue weighted by Gasteiger charge is -2.11. The molecule has 0 spiro atoms. The van der Waals surface area contributed by atoms with Crippen molar-refractivity contribution in [1.29, 1.82) is 0 Å². The van der Waals surface area contributed by atoms with Gasteiger partial charge in [-0.2, -0.15) is 0 Å². The van der Waals surface area contributed by atoms with E-state index in [1.165, 1.54) is 5.56 Å². The van der Waals surface area contributed by atoms with Gasteiger partial charge in [-0.1, -0.05) is 18.2 Å². The molecule has 4 aromatic rings. The lowest BCUT2D eigenvalue weighted by atomic mass is 10.1. The van der Waals surface area contributed by atoms with Crippen molar-refractivity contribution in [2.75, 3.05) is 11.9 Å². The van der Waals surface area contributed by atoms with Gasteiger partial charge in [0.05, 0.1) is 0 Å². The first-order valence-corrected chi connectivity index (χ1v) is 9.87. The van der Waals surface area contributed by atoms with Crippen molar-refractivity contribution in [2.45, 2.75) is 27.7 Å². The van der Waals surface area contributed by atoms with Gasteiger partial charge in [0.25, 0.3) is 5.91 Å². The van der Waals surface area contributed by atoms with Crippen LogP contribution in [0.5, 0.6) is 5.75 Å². The minimum absolute atomic E-state index is 0.0612. The summed E-state index contributed by atoms with van der Waals surface area (Å²) < 4.78 is 11.5. The molecule has 5 heteroatoms. The minimum atomic E-state index is -0.221. The lowest BCUT2D eigenvalue weighted by Crippen LogP contribution is -2.20. The summed E-state index contributed by atoms with van der Waals surface area (Å²) in [5.41, 5.74) is 7.47. The van der Waals surface area contributed by atoms with E-state index >= 15 is 0 Å². The van der Waals surface area contributed by atoms with Gasteiger partial charge in [-0.25, -0.2) is 4.98 Å². The number of nitrogens with one attached hydrogen (secondary N) is 1. The molecule has 5 nitrogen and oxygen atoms in total. The molecule has 4 rings (SSSR count). The zero-order valence-corrected chi connectivity index (χ0v) is 17.6. The number of hydrogen-bond donors (Lipinski definition) is 1. The molecule has 1 heterocycles. The number of hydrogen-bond acceptors (Lipinski definition) is 4. The highest BCUT2D eigenvalue weighted by Gasteiger charge is 2.12. The Kier molecular flexibility index (Phi) is 5.27. The highest BCUT2D eigenvalue weighted by molar-refractivity contribution is 5.93. The number of aryl methyl sites for hydroxylation is 4. The Morgan fingerprint density at radius 3 is 2.53 bits per heavy atom. The van der Waals surface area contributed by atoms with E-state index in [2.05, 4.69) is 10.3 Å². The zero-order chi connectivity index (χ0) is 21.3. The van der Waals surface area contributed by atoms with Gasteiger partial charge < -0.3 is 14.5 Å². The highest BCUT2D eigenvalue weighted by atomic mass is 16.5. The number of anilines is 1. The van der Waals surface area contributed by atoms with Gasteiger partial charge in [0.1, 0.15) is 11.3 Å². The van der Waals surface area contributed by atoms with Gasteiger partial charge in [-0.05, 0) is 86.3 Å². The second kappa shape index (κ2) is 8.03. The number of rotatable bonds is 5. The van der Waals surface area contributed by atoms with Crippen molar-refractivity contribution >= 4 is 22.7 Å². The molecule has 0 aliphatic rings. The van der Waals surface area contributed by atoms with Gasteiger partial charge in [0.2, 0.25) is 5.89 Å². The molecule has 152 valence electrons. The second-order valence-corrected chi connectivity index (χ2v) is 7.60. The maximum atomic E-state index is 12.4. The van der Waals surface area contributed by atoms with Crippen LogP contribution in [0.3, 0.4) is 0 Å². The molecule has 0 bridgehead atoms. The van der Waals surface area contributed by atoms with Gasteiger partial charge >= 0.3 is 0 Å². The van der Waals surface area contributed by atoms with E-state index in [1.54, 1.807) is 0 Å². The molecule has 0 aliphatic carbocycles. The first-order valence-electron chi connectivity index (χ1n) is 9.87. The van der Waals surface area contributed by atoms with Crippen LogP contribution in [0.1, 0.15) is 22.3 Å². The molecule has 1 N–H and O–H groups in total. The average Bonchev–Trinajstić information content (AvgIpc) is 3.13. The Labute approximate surface area is 175 Å². The topological polar surface area (TPSA) is 64.4 Å². The SMILES string of the molecule is Cc1ccc2oc(-c3ccc(C)c(NC(=O)COc4ccc(C)c(C)c4)c3)nc2c1. The normalized spacial score (nSPS) is 10.9. The van der Waals surface area contributed by atoms with Crippen LogP contribution in [0.15, 0.2) is 59.0 Å². The molecule has 0 radical (unpaired) electrons. The van der Waals surface area contributed by atoms with Crippen LogP contribution < -0.4 is 10.1 Å². The molecule has 0 atom stereocenters. The molecule has 0 aliphatic heterocycles. The molecular weight excluding hydrogens is 376 g/mol. The van der Waals surface area contributed by atoms with Crippen LogP contribution in [0.2, 0.25) is 0 Å². The Morgan fingerprint density at radius 2 is 1.73 bits per heavy atom. The van der Waals surface area contributed by atoms with E-state index in [0.717, 1.165) is 33.4 Å². The van der Waals surface area contributed by atoms with Crippen molar-refractivity contribution in [3.05, 3.63) is 76.9 Å².